The Morgan fingerprint density at radius 2 is 2.05 bits per heavy atom. The van der Waals surface area contributed by atoms with Gasteiger partial charge in [-0.1, -0.05) is 25.4 Å². The summed E-state index contributed by atoms with van der Waals surface area (Å²) in [6.07, 6.45) is 0.852. The maximum absolute atomic E-state index is 13.8. The van der Waals surface area contributed by atoms with E-state index in [1.807, 2.05) is 13.8 Å². The highest BCUT2D eigenvalue weighted by Crippen LogP contribution is 2.30. The molecule has 0 spiro atoms. The molecule has 0 aliphatic carbocycles. The molecule has 106 valence electrons. The average Bonchev–Trinajstić information content (AvgIpc) is 2.88. The maximum atomic E-state index is 13.8. The third-order valence-electron chi connectivity index (χ3n) is 3.48. The molecule has 1 saturated heterocycles. The van der Waals surface area contributed by atoms with E-state index in [9.17, 15) is 8.78 Å². The Morgan fingerprint density at radius 1 is 1.32 bits per heavy atom. The van der Waals surface area contributed by atoms with Gasteiger partial charge in [0.15, 0.2) is 11.6 Å². The molecule has 0 saturated carbocycles. The molecule has 0 bridgehead atoms. The lowest BCUT2D eigenvalue weighted by Gasteiger charge is -2.28. The molecule has 1 aromatic carbocycles. The lowest BCUT2D eigenvalue weighted by Crippen LogP contribution is -2.33. The van der Waals surface area contributed by atoms with E-state index in [1.165, 1.54) is 12.1 Å². The molecule has 2 rings (SSSR count). The number of hydrogen-bond donors (Lipinski definition) is 1. The highest BCUT2D eigenvalue weighted by Gasteiger charge is 2.30. The van der Waals surface area contributed by atoms with Crippen LogP contribution < -0.4 is 10.1 Å². The van der Waals surface area contributed by atoms with E-state index in [0.717, 1.165) is 19.5 Å². The molecule has 19 heavy (non-hydrogen) atoms. The fourth-order valence-corrected chi connectivity index (χ4v) is 2.63. The Bertz CT molecular complexity index is 447. The lowest BCUT2D eigenvalue weighted by molar-refractivity contribution is 0.0918. The van der Waals surface area contributed by atoms with Crippen molar-refractivity contribution < 1.29 is 13.5 Å². The number of halogens is 3. The summed E-state index contributed by atoms with van der Waals surface area (Å²) in [4.78, 5) is 0. The summed E-state index contributed by atoms with van der Waals surface area (Å²) in [6.45, 7) is 5.83. The van der Waals surface area contributed by atoms with Crippen molar-refractivity contribution in [3.8, 4) is 5.75 Å². The Labute approximate surface area is 117 Å². The average molecular weight is 290 g/mol. The van der Waals surface area contributed by atoms with Crippen molar-refractivity contribution in [2.24, 2.45) is 11.8 Å². The van der Waals surface area contributed by atoms with Crippen LogP contribution in [-0.4, -0.2) is 19.2 Å². The quantitative estimate of drug-likeness (QED) is 0.855. The minimum Gasteiger partial charge on any atom is -0.487 e. The minimum absolute atomic E-state index is 0.0625. The summed E-state index contributed by atoms with van der Waals surface area (Å²) in [5.74, 6) is -1.58. The summed E-state index contributed by atoms with van der Waals surface area (Å²) in [6, 6.07) is 2.71. The zero-order chi connectivity index (χ0) is 14.0. The normalized spacial score (nSPS) is 20.8. The zero-order valence-corrected chi connectivity index (χ0v) is 11.8. The highest BCUT2D eigenvalue weighted by atomic mass is 35.5. The Morgan fingerprint density at radius 3 is 2.63 bits per heavy atom. The first-order valence-corrected chi connectivity index (χ1v) is 6.89. The van der Waals surface area contributed by atoms with E-state index in [-0.39, 0.29) is 22.8 Å². The summed E-state index contributed by atoms with van der Waals surface area (Å²) in [5, 5.41) is 3.03. The smallest absolute Gasteiger partial charge is 0.202 e. The summed E-state index contributed by atoms with van der Waals surface area (Å²) in [7, 11) is 0. The second-order valence-electron chi connectivity index (χ2n) is 5.25. The van der Waals surface area contributed by atoms with Gasteiger partial charge in [-0.15, -0.1) is 0 Å². The van der Waals surface area contributed by atoms with Gasteiger partial charge in [0, 0.05) is 12.5 Å². The van der Waals surface area contributed by atoms with Gasteiger partial charge in [-0.05, 0) is 31.0 Å². The number of hydrogen-bond acceptors (Lipinski definition) is 2. The van der Waals surface area contributed by atoms with Crippen LogP contribution in [0.3, 0.4) is 0 Å². The van der Waals surface area contributed by atoms with Crippen molar-refractivity contribution in [1.29, 1.82) is 0 Å². The first-order valence-electron chi connectivity index (χ1n) is 6.51. The van der Waals surface area contributed by atoms with Crippen molar-refractivity contribution in [2.45, 2.75) is 26.4 Å². The van der Waals surface area contributed by atoms with Gasteiger partial charge < -0.3 is 10.1 Å². The summed E-state index contributed by atoms with van der Waals surface area (Å²) >= 11 is 5.53. The maximum Gasteiger partial charge on any atom is 0.202 e. The number of ether oxygens (including phenoxy) is 1. The van der Waals surface area contributed by atoms with Crippen LogP contribution in [0, 0.1) is 23.5 Å². The molecule has 1 fully saturated rings. The van der Waals surface area contributed by atoms with E-state index in [0.29, 0.717) is 5.92 Å². The SMILES string of the molecule is CC(C)[C@H](Oc1ccc(Cl)c(F)c1F)C1CCNC1. The largest absolute Gasteiger partial charge is 0.487 e. The monoisotopic (exact) mass is 289 g/mol. The fraction of sp³-hybridized carbons (Fsp3) is 0.571. The first-order chi connectivity index (χ1) is 9.00. The van der Waals surface area contributed by atoms with Gasteiger partial charge in [0.05, 0.1) is 5.02 Å². The van der Waals surface area contributed by atoms with Gasteiger partial charge in [0.1, 0.15) is 6.10 Å². The molecule has 2 atom stereocenters. The van der Waals surface area contributed by atoms with Gasteiger partial charge in [-0.2, -0.15) is 4.39 Å². The Hall–Kier alpha value is -0.870. The standard InChI is InChI=1S/C14H18ClF2NO/c1-8(2)14(9-5-6-18-7-9)19-11-4-3-10(15)12(16)13(11)17/h3-4,8-9,14,18H,5-7H2,1-2H3/t9?,14-/m0/s1. The van der Waals surface area contributed by atoms with Crippen LogP contribution in [0.15, 0.2) is 12.1 Å². The molecule has 0 aromatic heterocycles. The Kier molecular flexibility index (Phi) is 4.63. The molecule has 1 aromatic rings. The van der Waals surface area contributed by atoms with Crippen LogP contribution in [0.4, 0.5) is 8.78 Å². The predicted molar refractivity (Wildman–Crippen MR) is 71.6 cm³/mol. The zero-order valence-electron chi connectivity index (χ0n) is 11.1. The second-order valence-corrected chi connectivity index (χ2v) is 5.66. The topological polar surface area (TPSA) is 21.3 Å². The van der Waals surface area contributed by atoms with E-state index < -0.39 is 11.6 Å². The molecular formula is C14H18ClF2NO. The van der Waals surface area contributed by atoms with E-state index in [1.54, 1.807) is 0 Å². The van der Waals surface area contributed by atoms with E-state index >= 15 is 0 Å². The van der Waals surface area contributed by atoms with E-state index in [4.69, 9.17) is 16.3 Å². The van der Waals surface area contributed by atoms with Crippen molar-refractivity contribution in [3.63, 3.8) is 0 Å². The third kappa shape index (κ3) is 3.18. The molecule has 1 aliphatic rings. The number of nitrogens with one attached hydrogen (secondary N) is 1. The van der Waals surface area contributed by atoms with Crippen molar-refractivity contribution in [3.05, 3.63) is 28.8 Å². The van der Waals surface area contributed by atoms with Crippen molar-refractivity contribution >= 4 is 11.6 Å². The van der Waals surface area contributed by atoms with Crippen LogP contribution in [0.5, 0.6) is 5.75 Å². The second kappa shape index (κ2) is 6.06. The molecule has 1 N–H and O–H groups in total. The van der Waals surface area contributed by atoms with Gasteiger partial charge >= 0.3 is 0 Å². The molecular weight excluding hydrogens is 272 g/mol. The fourth-order valence-electron chi connectivity index (χ4n) is 2.48. The predicted octanol–water partition coefficient (Wildman–Crippen LogP) is 3.63. The third-order valence-corrected chi connectivity index (χ3v) is 3.77. The van der Waals surface area contributed by atoms with E-state index in [2.05, 4.69) is 5.32 Å². The molecule has 5 heteroatoms. The van der Waals surface area contributed by atoms with Gasteiger partial charge in [0.25, 0.3) is 0 Å². The van der Waals surface area contributed by atoms with Crippen molar-refractivity contribution in [2.75, 3.05) is 13.1 Å². The lowest BCUT2D eigenvalue weighted by atomic mass is 9.92. The molecule has 1 aliphatic heterocycles. The summed E-state index contributed by atoms with van der Waals surface area (Å²) in [5.41, 5.74) is 0. The van der Waals surface area contributed by atoms with Crippen molar-refractivity contribution in [1.82, 2.24) is 5.32 Å². The first kappa shape index (κ1) is 14.5. The van der Waals surface area contributed by atoms with Crippen LogP contribution >= 0.6 is 11.6 Å². The van der Waals surface area contributed by atoms with Crippen LogP contribution in [0.25, 0.3) is 0 Å². The number of rotatable bonds is 4. The van der Waals surface area contributed by atoms with Gasteiger partial charge in [-0.3, -0.25) is 0 Å². The molecule has 0 radical (unpaired) electrons. The molecule has 1 heterocycles. The van der Waals surface area contributed by atoms with Crippen LogP contribution in [0.1, 0.15) is 20.3 Å². The van der Waals surface area contributed by atoms with Gasteiger partial charge in [-0.25, -0.2) is 4.39 Å². The number of benzene rings is 1. The molecule has 2 nitrogen and oxygen atoms in total. The van der Waals surface area contributed by atoms with Gasteiger partial charge in [0.2, 0.25) is 5.82 Å². The van der Waals surface area contributed by atoms with Crippen LogP contribution in [0.2, 0.25) is 5.02 Å². The van der Waals surface area contributed by atoms with Crippen LogP contribution in [-0.2, 0) is 0 Å². The molecule has 0 amide bonds. The Balaban J connectivity index is 2.19. The summed E-state index contributed by atoms with van der Waals surface area (Å²) < 4.78 is 32.9. The highest BCUT2D eigenvalue weighted by molar-refractivity contribution is 6.30. The molecule has 1 unspecified atom stereocenters. The minimum atomic E-state index is -1.05.